The van der Waals surface area contributed by atoms with Crippen LogP contribution in [-0.4, -0.2) is 48.2 Å². The lowest BCUT2D eigenvalue weighted by atomic mass is 9.88. The number of hydrogen-bond acceptors (Lipinski definition) is 3. The number of rotatable bonds is 3. The number of likely N-dealkylation sites (tertiary alicyclic amines) is 1. The van der Waals surface area contributed by atoms with E-state index in [2.05, 4.69) is 23.6 Å². The molecule has 1 aromatic rings. The second-order valence-corrected chi connectivity index (χ2v) is 6.52. The number of piperidine rings is 1. The van der Waals surface area contributed by atoms with Gasteiger partial charge in [0, 0.05) is 44.5 Å². The Hall–Kier alpha value is -1.52. The Morgan fingerprint density at radius 3 is 2.45 bits per heavy atom. The fourth-order valence-electron chi connectivity index (χ4n) is 3.18. The number of nitrogens with zero attached hydrogens (tertiary/aromatic N) is 2. The Bertz CT molecular complexity index is 577. The van der Waals surface area contributed by atoms with Gasteiger partial charge in [0.2, 0.25) is 0 Å². The molecule has 2 aliphatic rings. The van der Waals surface area contributed by atoms with E-state index in [1.165, 1.54) is 10.5 Å². The van der Waals surface area contributed by atoms with Crippen LogP contribution < -0.4 is 0 Å². The fraction of sp³-hybridized carbons (Fsp3) is 0.471. The van der Waals surface area contributed by atoms with Gasteiger partial charge in [0.1, 0.15) is 0 Å². The molecule has 0 N–H and O–H groups in total. The van der Waals surface area contributed by atoms with E-state index in [4.69, 9.17) is 16.3 Å². The highest BCUT2D eigenvalue weighted by Gasteiger charge is 2.48. The SMILES string of the molecule is C=C1N(C)C(=O)OC12CCN(CCc1ccc(Cl)cc1)CC2. The Kier molecular flexibility index (Phi) is 4.15. The van der Waals surface area contributed by atoms with Crippen LogP contribution >= 0.6 is 11.6 Å². The quantitative estimate of drug-likeness (QED) is 0.856. The summed E-state index contributed by atoms with van der Waals surface area (Å²) in [7, 11) is 1.73. The summed E-state index contributed by atoms with van der Waals surface area (Å²) < 4.78 is 5.58. The number of likely N-dealkylation sites (N-methyl/N-ethyl adjacent to an activating group) is 1. The van der Waals surface area contributed by atoms with Crippen molar-refractivity contribution in [2.45, 2.75) is 24.9 Å². The third-order valence-electron chi connectivity index (χ3n) is 4.78. The molecular formula is C17H21ClN2O2. The maximum Gasteiger partial charge on any atom is 0.414 e. The summed E-state index contributed by atoms with van der Waals surface area (Å²) in [4.78, 5) is 15.6. The standard InChI is InChI=1S/C17H21ClN2O2/c1-13-17(22-16(21)19(13)2)8-11-20(12-9-17)10-7-14-3-5-15(18)6-4-14/h3-6H,1,7-12H2,2H3. The zero-order valence-corrected chi connectivity index (χ0v) is 13.6. The minimum absolute atomic E-state index is 0.278. The molecule has 1 amide bonds. The van der Waals surface area contributed by atoms with Gasteiger partial charge in [-0.1, -0.05) is 30.3 Å². The van der Waals surface area contributed by atoms with Gasteiger partial charge in [-0.3, -0.25) is 4.90 Å². The minimum Gasteiger partial charge on any atom is -0.436 e. The van der Waals surface area contributed by atoms with E-state index in [0.717, 1.165) is 49.6 Å². The van der Waals surface area contributed by atoms with E-state index >= 15 is 0 Å². The average molecular weight is 321 g/mol. The van der Waals surface area contributed by atoms with Gasteiger partial charge in [-0.2, -0.15) is 0 Å². The van der Waals surface area contributed by atoms with Crippen molar-refractivity contribution in [2.75, 3.05) is 26.7 Å². The molecule has 2 fully saturated rings. The number of carbonyl (C=O) groups is 1. The fourth-order valence-corrected chi connectivity index (χ4v) is 3.30. The number of halogens is 1. The highest BCUT2D eigenvalue weighted by Crippen LogP contribution is 2.39. The summed E-state index contributed by atoms with van der Waals surface area (Å²) in [5, 5.41) is 0.773. The second kappa shape index (κ2) is 5.94. The van der Waals surface area contributed by atoms with Gasteiger partial charge in [-0.05, 0) is 24.1 Å². The molecule has 0 saturated carbocycles. The molecule has 0 radical (unpaired) electrons. The Morgan fingerprint density at radius 2 is 1.91 bits per heavy atom. The van der Waals surface area contributed by atoms with E-state index in [9.17, 15) is 4.79 Å². The van der Waals surface area contributed by atoms with Gasteiger partial charge >= 0.3 is 6.09 Å². The van der Waals surface area contributed by atoms with Crippen LogP contribution in [0.5, 0.6) is 0 Å². The zero-order chi connectivity index (χ0) is 15.7. The maximum atomic E-state index is 11.7. The van der Waals surface area contributed by atoms with Gasteiger partial charge < -0.3 is 9.64 Å². The van der Waals surface area contributed by atoms with Crippen LogP contribution in [0.3, 0.4) is 0 Å². The number of amides is 1. The van der Waals surface area contributed by atoms with E-state index in [-0.39, 0.29) is 6.09 Å². The Labute approximate surface area is 136 Å². The van der Waals surface area contributed by atoms with Crippen molar-refractivity contribution in [2.24, 2.45) is 0 Å². The maximum absolute atomic E-state index is 11.7. The monoisotopic (exact) mass is 320 g/mol. The van der Waals surface area contributed by atoms with E-state index in [1.54, 1.807) is 7.05 Å². The average Bonchev–Trinajstić information content (AvgIpc) is 2.73. The first-order valence-corrected chi connectivity index (χ1v) is 8.01. The molecule has 0 unspecified atom stereocenters. The summed E-state index contributed by atoms with van der Waals surface area (Å²) in [6.45, 7) is 6.90. The lowest BCUT2D eigenvalue weighted by molar-refractivity contribution is 0.0151. The molecule has 1 spiro atoms. The van der Waals surface area contributed by atoms with Crippen LogP contribution in [0.2, 0.25) is 5.02 Å². The van der Waals surface area contributed by atoms with Gasteiger partial charge in [0.05, 0.1) is 5.70 Å². The molecule has 1 aromatic carbocycles. The van der Waals surface area contributed by atoms with Crippen LogP contribution in [0.4, 0.5) is 4.79 Å². The van der Waals surface area contributed by atoms with Crippen LogP contribution in [0.1, 0.15) is 18.4 Å². The summed E-state index contributed by atoms with van der Waals surface area (Å²) in [6, 6.07) is 8.01. The smallest absolute Gasteiger partial charge is 0.414 e. The molecule has 2 saturated heterocycles. The first-order valence-electron chi connectivity index (χ1n) is 7.63. The highest BCUT2D eigenvalue weighted by molar-refractivity contribution is 6.30. The van der Waals surface area contributed by atoms with Gasteiger partial charge in [0.25, 0.3) is 0 Å². The zero-order valence-electron chi connectivity index (χ0n) is 12.8. The van der Waals surface area contributed by atoms with Crippen molar-refractivity contribution in [3.63, 3.8) is 0 Å². The highest BCUT2D eigenvalue weighted by atomic mass is 35.5. The van der Waals surface area contributed by atoms with Crippen molar-refractivity contribution >= 4 is 17.7 Å². The molecule has 2 heterocycles. The summed E-state index contributed by atoms with van der Waals surface area (Å²) in [6.07, 6.45) is 2.37. The molecule has 4 nitrogen and oxygen atoms in total. The Morgan fingerprint density at radius 1 is 1.27 bits per heavy atom. The third kappa shape index (κ3) is 2.85. The number of hydrogen-bond donors (Lipinski definition) is 0. The molecule has 22 heavy (non-hydrogen) atoms. The van der Waals surface area contributed by atoms with Crippen molar-refractivity contribution in [3.8, 4) is 0 Å². The molecule has 5 heteroatoms. The Balaban J connectivity index is 1.53. The minimum atomic E-state index is -0.470. The second-order valence-electron chi connectivity index (χ2n) is 6.09. The topological polar surface area (TPSA) is 32.8 Å². The molecule has 0 bridgehead atoms. The van der Waals surface area contributed by atoms with E-state index in [0.29, 0.717) is 0 Å². The van der Waals surface area contributed by atoms with Crippen LogP contribution in [0, 0.1) is 0 Å². The van der Waals surface area contributed by atoms with Crippen molar-refractivity contribution in [3.05, 3.63) is 47.1 Å². The van der Waals surface area contributed by atoms with Gasteiger partial charge in [0.15, 0.2) is 5.60 Å². The van der Waals surface area contributed by atoms with Crippen LogP contribution in [-0.2, 0) is 11.2 Å². The third-order valence-corrected chi connectivity index (χ3v) is 5.03. The van der Waals surface area contributed by atoms with Gasteiger partial charge in [-0.15, -0.1) is 0 Å². The van der Waals surface area contributed by atoms with E-state index in [1.807, 2.05) is 12.1 Å². The normalized spacial score (nSPS) is 21.5. The summed E-state index contributed by atoms with van der Waals surface area (Å²) in [5.41, 5.74) is 1.62. The van der Waals surface area contributed by atoms with Crippen molar-refractivity contribution < 1.29 is 9.53 Å². The molecule has 3 rings (SSSR count). The first-order chi connectivity index (χ1) is 10.5. The molecule has 0 aromatic heterocycles. The predicted molar refractivity (Wildman–Crippen MR) is 86.9 cm³/mol. The van der Waals surface area contributed by atoms with E-state index < -0.39 is 5.60 Å². The van der Waals surface area contributed by atoms with Crippen molar-refractivity contribution in [1.29, 1.82) is 0 Å². The predicted octanol–water partition coefficient (Wildman–Crippen LogP) is 3.31. The first kappa shape index (κ1) is 15.4. The molecule has 2 aliphatic heterocycles. The van der Waals surface area contributed by atoms with Gasteiger partial charge in [-0.25, -0.2) is 4.79 Å². The molecule has 118 valence electrons. The lowest BCUT2D eigenvalue weighted by Crippen LogP contribution is -2.45. The largest absolute Gasteiger partial charge is 0.436 e. The lowest BCUT2D eigenvalue weighted by Gasteiger charge is -2.38. The van der Waals surface area contributed by atoms with Crippen molar-refractivity contribution in [1.82, 2.24) is 9.80 Å². The van der Waals surface area contributed by atoms with Crippen LogP contribution in [0.15, 0.2) is 36.5 Å². The van der Waals surface area contributed by atoms with Crippen LogP contribution in [0.25, 0.3) is 0 Å². The number of benzene rings is 1. The molecular weight excluding hydrogens is 300 g/mol. The molecule has 0 aliphatic carbocycles. The summed E-state index contributed by atoms with van der Waals surface area (Å²) in [5.74, 6) is 0. The molecule has 0 atom stereocenters. The summed E-state index contributed by atoms with van der Waals surface area (Å²) >= 11 is 5.90. The number of ether oxygens (including phenoxy) is 1. The number of carbonyl (C=O) groups excluding carboxylic acids is 1.